The van der Waals surface area contributed by atoms with Gasteiger partial charge in [0.05, 0.1) is 10.6 Å². The molecular formula is C19H18ClF2N5O4S. The van der Waals surface area contributed by atoms with Gasteiger partial charge in [-0.15, -0.1) is 0 Å². The molecule has 0 saturated carbocycles. The molecule has 1 amide bonds. The number of amides is 1. The van der Waals surface area contributed by atoms with Crippen LogP contribution in [0.15, 0.2) is 24.4 Å². The van der Waals surface area contributed by atoms with E-state index in [4.69, 9.17) is 21.1 Å². The topological polar surface area (TPSA) is 108 Å². The number of hydrogen-bond acceptors (Lipinski definition) is 7. The van der Waals surface area contributed by atoms with Crippen molar-refractivity contribution >= 4 is 39.5 Å². The monoisotopic (exact) mass is 485 g/mol. The molecule has 0 unspecified atom stereocenters. The highest BCUT2D eigenvalue weighted by Crippen LogP contribution is 2.32. The number of hydrogen-bond donors (Lipinski definition) is 1. The van der Waals surface area contributed by atoms with E-state index in [1.165, 1.54) is 22.9 Å². The van der Waals surface area contributed by atoms with Crippen LogP contribution < -0.4 is 14.8 Å². The number of rotatable bonds is 7. The summed E-state index contributed by atoms with van der Waals surface area (Å²) < 4.78 is 48.6. The Kier molecular flexibility index (Phi) is 5.99. The minimum Gasteiger partial charge on any atom is -0.482 e. The third-order valence-electron chi connectivity index (χ3n) is 4.62. The lowest BCUT2D eigenvalue weighted by Gasteiger charge is -2.37. The first kappa shape index (κ1) is 22.3. The van der Waals surface area contributed by atoms with E-state index in [-0.39, 0.29) is 28.4 Å². The van der Waals surface area contributed by atoms with Crippen molar-refractivity contribution < 1.29 is 27.3 Å². The fraction of sp³-hybridized carbons (Fsp3) is 0.368. The van der Waals surface area contributed by atoms with Crippen LogP contribution in [-0.2, 0) is 17.8 Å². The van der Waals surface area contributed by atoms with Gasteiger partial charge in [0.2, 0.25) is 11.7 Å². The van der Waals surface area contributed by atoms with Crippen LogP contribution in [0.2, 0.25) is 5.02 Å². The van der Waals surface area contributed by atoms with Crippen LogP contribution >= 0.6 is 11.6 Å². The van der Waals surface area contributed by atoms with Crippen LogP contribution in [-0.4, -0.2) is 59.7 Å². The zero-order valence-electron chi connectivity index (χ0n) is 17.0. The molecule has 4 heterocycles. The summed E-state index contributed by atoms with van der Waals surface area (Å²) in [6, 6.07) is 4.41. The molecule has 0 aromatic carbocycles. The van der Waals surface area contributed by atoms with E-state index in [1.54, 1.807) is 13.1 Å². The van der Waals surface area contributed by atoms with Gasteiger partial charge in [0, 0.05) is 47.7 Å². The van der Waals surface area contributed by atoms with Gasteiger partial charge in [-0.05, 0) is 13.0 Å². The summed E-state index contributed by atoms with van der Waals surface area (Å²) in [6.07, 6.45) is -1.40. The van der Waals surface area contributed by atoms with Gasteiger partial charge in [0.15, 0.2) is 11.4 Å². The summed E-state index contributed by atoms with van der Waals surface area (Å²) >= 11 is 5.87. The van der Waals surface area contributed by atoms with Crippen molar-refractivity contribution in [3.8, 4) is 17.5 Å². The molecule has 1 aliphatic heterocycles. The molecule has 1 aliphatic rings. The van der Waals surface area contributed by atoms with Crippen LogP contribution in [0.5, 0.6) is 17.5 Å². The van der Waals surface area contributed by atoms with Crippen molar-refractivity contribution in [2.45, 2.75) is 18.9 Å². The number of nitrogens with one attached hydrogen (secondary N) is 1. The van der Waals surface area contributed by atoms with Gasteiger partial charge in [-0.2, -0.15) is 4.98 Å². The minimum atomic E-state index is -2.68. The molecule has 32 heavy (non-hydrogen) atoms. The Bertz CT molecular complexity index is 1210. The SMILES string of the molecule is Cn1c(C(=O)NC2(C)CS(=O)C2)nc2ccc(Oc3ncc(Cl)cc3OCC(F)F)nc21. The molecule has 1 fully saturated rings. The largest absolute Gasteiger partial charge is 0.482 e. The molecule has 3 aromatic heterocycles. The fourth-order valence-electron chi connectivity index (χ4n) is 3.22. The molecule has 0 aliphatic carbocycles. The number of alkyl halides is 2. The number of pyridine rings is 2. The number of carbonyl (C=O) groups is 1. The second-order valence-corrected chi connectivity index (χ2v) is 9.38. The lowest BCUT2D eigenvalue weighted by molar-refractivity contribution is 0.0803. The number of aromatic nitrogens is 4. The van der Waals surface area contributed by atoms with Crippen molar-refractivity contribution in [1.29, 1.82) is 0 Å². The Labute approximate surface area is 188 Å². The average molecular weight is 486 g/mol. The van der Waals surface area contributed by atoms with Crippen LogP contribution in [0.4, 0.5) is 8.78 Å². The van der Waals surface area contributed by atoms with Crippen molar-refractivity contribution in [1.82, 2.24) is 24.8 Å². The van der Waals surface area contributed by atoms with Crippen LogP contribution in [0.25, 0.3) is 11.2 Å². The van der Waals surface area contributed by atoms with E-state index in [0.29, 0.717) is 22.7 Å². The predicted octanol–water partition coefficient (Wildman–Crippen LogP) is 2.70. The van der Waals surface area contributed by atoms with E-state index in [0.717, 1.165) is 0 Å². The minimum absolute atomic E-state index is 0.0594. The molecule has 0 radical (unpaired) electrons. The normalized spacial score (nSPS) is 20.2. The number of nitrogens with zero attached hydrogens (tertiary/aromatic N) is 4. The number of imidazole rings is 1. The average Bonchev–Trinajstić information content (AvgIpc) is 3.03. The highest BCUT2D eigenvalue weighted by atomic mass is 35.5. The van der Waals surface area contributed by atoms with Crippen molar-refractivity contribution in [3.05, 3.63) is 35.2 Å². The summed E-state index contributed by atoms with van der Waals surface area (Å²) in [5, 5.41) is 3.05. The lowest BCUT2D eigenvalue weighted by Crippen LogP contribution is -2.61. The maximum Gasteiger partial charge on any atom is 0.287 e. The van der Waals surface area contributed by atoms with Gasteiger partial charge >= 0.3 is 0 Å². The van der Waals surface area contributed by atoms with Crippen LogP contribution in [0, 0.1) is 0 Å². The molecule has 9 nitrogen and oxygen atoms in total. The van der Waals surface area contributed by atoms with Crippen LogP contribution in [0.3, 0.4) is 0 Å². The Balaban J connectivity index is 1.58. The Hall–Kier alpha value is -2.86. The zero-order chi connectivity index (χ0) is 23.0. The quantitative estimate of drug-likeness (QED) is 0.548. The molecule has 0 atom stereocenters. The van der Waals surface area contributed by atoms with Gasteiger partial charge in [0.1, 0.15) is 12.1 Å². The van der Waals surface area contributed by atoms with Crippen LogP contribution in [0.1, 0.15) is 17.5 Å². The van der Waals surface area contributed by atoms with Crippen molar-refractivity contribution in [2.24, 2.45) is 7.05 Å². The summed E-state index contributed by atoms with van der Waals surface area (Å²) in [6.45, 7) is 0.976. The van der Waals surface area contributed by atoms with E-state index < -0.39 is 35.3 Å². The zero-order valence-corrected chi connectivity index (χ0v) is 18.5. The number of aryl methyl sites for hydroxylation is 1. The van der Waals surface area contributed by atoms with E-state index in [2.05, 4.69) is 20.3 Å². The Morgan fingerprint density at radius 2 is 2.12 bits per heavy atom. The first-order valence-corrected chi connectivity index (χ1v) is 11.3. The number of fused-ring (bicyclic) bond motifs is 1. The highest BCUT2D eigenvalue weighted by Gasteiger charge is 2.40. The smallest absolute Gasteiger partial charge is 0.287 e. The van der Waals surface area contributed by atoms with Crippen molar-refractivity contribution in [2.75, 3.05) is 18.1 Å². The molecule has 3 aromatic rings. The summed E-state index contributed by atoms with van der Waals surface area (Å²) in [5.41, 5.74) is 0.279. The van der Waals surface area contributed by atoms with Gasteiger partial charge < -0.3 is 19.4 Å². The molecule has 4 rings (SSSR count). The molecule has 1 N–H and O–H groups in total. The standard InChI is InChI=1S/C19H18ClF2N5O4S/c1-19(8-32(29)9-19)26-17(28)16-24-11-3-4-14(25-15(11)27(16)2)31-18-12(30-7-13(21)22)5-10(20)6-23-18/h3-6,13H,7-9H2,1-2H3,(H,26,28). The maximum absolute atomic E-state index is 12.7. The second-order valence-electron chi connectivity index (χ2n) is 7.49. The fourth-order valence-corrected chi connectivity index (χ4v) is 4.85. The van der Waals surface area contributed by atoms with Gasteiger partial charge in [-0.1, -0.05) is 11.6 Å². The third-order valence-corrected chi connectivity index (χ3v) is 6.74. The lowest BCUT2D eigenvalue weighted by atomic mass is 10.1. The molecule has 170 valence electrons. The first-order chi connectivity index (χ1) is 15.1. The highest BCUT2D eigenvalue weighted by molar-refractivity contribution is 7.86. The molecule has 0 spiro atoms. The summed E-state index contributed by atoms with van der Waals surface area (Å²) in [4.78, 5) is 25.3. The summed E-state index contributed by atoms with van der Waals surface area (Å²) in [7, 11) is 0.703. The molecule has 1 saturated heterocycles. The third kappa shape index (κ3) is 4.65. The van der Waals surface area contributed by atoms with E-state index in [1.807, 2.05) is 6.92 Å². The van der Waals surface area contributed by atoms with Gasteiger partial charge in [-0.3, -0.25) is 9.00 Å². The number of ether oxygens (including phenoxy) is 2. The van der Waals surface area contributed by atoms with E-state index in [9.17, 15) is 17.8 Å². The maximum atomic E-state index is 12.7. The Morgan fingerprint density at radius 3 is 2.81 bits per heavy atom. The second kappa shape index (κ2) is 8.58. The summed E-state index contributed by atoms with van der Waals surface area (Å²) in [5.74, 6) is 0.448. The number of halogens is 3. The predicted molar refractivity (Wildman–Crippen MR) is 113 cm³/mol. The Morgan fingerprint density at radius 1 is 1.38 bits per heavy atom. The van der Waals surface area contributed by atoms with Crippen molar-refractivity contribution in [3.63, 3.8) is 0 Å². The van der Waals surface area contributed by atoms with Gasteiger partial charge in [0.25, 0.3) is 18.2 Å². The first-order valence-electron chi connectivity index (χ1n) is 9.39. The molecule has 0 bridgehead atoms. The molecular weight excluding hydrogens is 468 g/mol. The van der Waals surface area contributed by atoms with E-state index >= 15 is 0 Å². The number of carbonyl (C=O) groups excluding carboxylic acids is 1. The van der Waals surface area contributed by atoms with Gasteiger partial charge in [-0.25, -0.2) is 18.7 Å². The molecule has 13 heteroatoms.